The second kappa shape index (κ2) is 6.01. The average molecular weight is 241 g/mol. The molecule has 0 bridgehead atoms. The van der Waals surface area contributed by atoms with Gasteiger partial charge in [-0.05, 0) is 25.5 Å². The molecule has 0 heterocycles. The van der Waals surface area contributed by atoms with Gasteiger partial charge in [-0.15, -0.1) is 0 Å². The minimum Gasteiger partial charge on any atom is -0.260 e. The first-order valence-corrected chi connectivity index (χ1v) is 6.78. The highest BCUT2D eigenvalue weighted by molar-refractivity contribution is 7.86. The van der Waals surface area contributed by atoms with Gasteiger partial charge in [0.1, 0.15) is 6.61 Å². The van der Waals surface area contributed by atoms with Gasteiger partial charge in [0.25, 0.3) is 10.1 Å². The molecule has 0 spiro atoms. The lowest BCUT2D eigenvalue weighted by molar-refractivity contribution is 0.376. The summed E-state index contributed by atoms with van der Waals surface area (Å²) in [6.45, 7) is 5.31. The number of benzene rings is 1. The summed E-state index contributed by atoms with van der Waals surface area (Å²) in [5, 5.41) is 0. The molecule has 0 saturated heterocycles. The number of hydrogen-bond donors (Lipinski definition) is 0. The first-order valence-electron chi connectivity index (χ1n) is 5.38. The molecule has 3 nitrogen and oxygen atoms in total. The molecule has 1 radical (unpaired) electrons. The van der Waals surface area contributed by atoms with E-state index in [-0.39, 0.29) is 4.90 Å². The molecule has 1 rings (SSSR count). The van der Waals surface area contributed by atoms with Crippen LogP contribution < -0.4 is 0 Å². The summed E-state index contributed by atoms with van der Waals surface area (Å²) in [6, 6.07) is 6.61. The summed E-state index contributed by atoms with van der Waals surface area (Å²) >= 11 is 0. The van der Waals surface area contributed by atoms with Crippen molar-refractivity contribution in [3.05, 3.63) is 36.4 Å². The quantitative estimate of drug-likeness (QED) is 0.568. The number of unbranched alkanes of at least 4 members (excludes halogenated alkanes) is 2. The molecule has 0 saturated carbocycles. The minimum absolute atomic E-state index is 0.200. The molecule has 16 heavy (non-hydrogen) atoms. The Hall–Kier alpha value is -0.870. The van der Waals surface area contributed by atoms with Crippen LogP contribution in [-0.4, -0.2) is 8.42 Å². The van der Waals surface area contributed by atoms with E-state index in [1.54, 1.807) is 24.3 Å². The molecule has 1 aromatic carbocycles. The maximum atomic E-state index is 11.7. The third-order valence-electron chi connectivity index (χ3n) is 2.18. The summed E-state index contributed by atoms with van der Waals surface area (Å²) in [5.74, 6) is 0. The van der Waals surface area contributed by atoms with E-state index in [2.05, 4.69) is 0 Å². The van der Waals surface area contributed by atoms with Gasteiger partial charge in [0.15, 0.2) is 0 Å². The van der Waals surface area contributed by atoms with Crippen molar-refractivity contribution in [2.45, 2.75) is 38.0 Å². The summed E-state index contributed by atoms with van der Waals surface area (Å²) in [7, 11) is -3.61. The molecule has 0 atom stereocenters. The molecule has 0 amide bonds. The van der Waals surface area contributed by atoms with E-state index in [1.807, 2.05) is 13.8 Å². The summed E-state index contributed by atoms with van der Waals surface area (Å²) in [6.07, 6.45) is 2.61. The van der Waals surface area contributed by atoms with Crippen LogP contribution in [0.3, 0.4) is 0 Å². The standard InChI is InChI=1S/C12H17O3S/c1-3-4-5-10-15-16(13,14)12-8-6-11(2)7-9-12/h6-10H,3-5H2,1-2H3. The van der Waals surface area contributed by atoms with Crippen molar-refractivity contribution in [2.24, 2.45) is 0 Å². The molecule has 0 unspecified atom stereocenters. The zero-order valence-corrected chi connectivity index (χ0v) is 10.5. The fourth-order valence-electron chi connectivity index (χ4n) is 1.19. The molecule has 1 aromatic rings. The SMILES string of the molecule is CCCC[CH]OS(=O)(=O)c1ccc(C)cc1. The lowest BCUT2D eigenvalue weighted by Gasteiger charge is -2.04. The molecular weight excluding hydrogens is 224 g/mol. The third-order valence-corrected chi connectivity index (χ3v) is 3.42. The van der Waals surface area contributed by atoms with Crippen LogP contribution in [0.2, 0.25) is 0 Å². The van der Waals surface area contributed by atoms with E-state index in [0.29, 0.717) is 6.42 Å². The van der Waals surface area contributed by atoms with Crippen LogP contribution in [-0.2, 0) is 14.3 Å². The predicted octanol–water partition coefficient (Wildman–Crippen LogP) is 3.05. The molecule has 0 aliphatic carbocycles. The monoisotopic (exact) mass is 241 g/mol. The highest BCUT2D eigenvalue weighted by atomic mass is 32.2. The first-order chi connectivity index (χ1) is 7.56. The van der Waals surface area contributed by atoms with Gasteiger partial charge < -0.3 is 0 Å². The van der Waals surface area contributed by atoms with Crippen LogP contribution in [0.25, 0.3) is 0 Å². The lowest BCUT2D eigenvalue weighted by atomic mass is 10.2. The van der Waals surface area contributed by atoms with Gasteiger partial charge in [0, 0.05) is 0 Å². The van der Waals surface area contributed by atoms with Crippen LogP contribution in [0.4, 0.5) is 0 Å². The highest BCUT2D eigenvalue weighted by Gasteiger charge is 2.14. The van der Waals surface area contributed by atoms with Crippen molar-refractivity contribution in [3.63, 3.8) is 0 Å². The fourth-order valence-corrected chi connectivity index (χ4v) is 2.04. The fraction of sp³-hybridized carbons (Fsp3) is 0.417. The molecule has 0 aromatic heterocycles. The van der Waals surface area contributed by atoms with Crippen molar-refractivity contribution in [1.29, 1.82) is 0 Å². The lowest BCUT2D eigenvalue weighted by Crippen LogP contribution is -2.04. The van der Waals surface area contributed by atoms with E-state index < -0.39 is 10.1 Å². The van der Waals surface area contributed by atoms with Crippen LogP contribution in [0, 0.1) is 13.5 Å². The van der Waals surface area contributed by atoms with Crippen molar-refractivity contribution in [1.82, 2.24) is 0 Å². The maximum absolute atomic E-state index is 11.7. The normalized spacial score (nSPS) is 11.6. The molecule has 0 aliphatic rings. The average Bonchev–Trinajstić information content (AvgIpc) is 2.25. The summed E-state index contributed by atoms with van der Waals surface area (Å²) in [5.41, 5.74) is 1.02. The van der Waals surface area contributed by atoms with E-state index in [0.717, 1.165) is 18.4 Å². The molecule has 89 valence electrons. The van der Waals surface area contributed by atoms with Crippen LogP contribution in [0.15, 0.2) is 29.2 Å². The largest absolute Gasteiger partial charge is 0.297 e. The second-order valence-corrected chi connectivity index (χ2v) is 5.24. The van der Waals surface area contributed by atoms with Gasteiger partial charge in [-0.2, -0.15) is 8.42 Å². The topological polar surface area (TPSA) is 43.4 Å². The van der Waals surface area contributed by atoms with Gasteiger partial charge in [0.2, 0.25) is 0 Å². The molecule has 0 N–H and O–H groups in total. The van der Waals surface area contributed by atoms with Gasteiger partial charge in [-0.25, -0.2) is 0 Å². The third kappa shape index (κ3) is 3.94. The van der Waals surface area contributed by atoms with Gasteiger partial charge in [0.05, 0.1) is 4.90 Å². The Morgan fingerprint density at radius 2 is 1.88 bits per heavy atom. The van der Waals surface area contributed by atoms with Crippen LogP contribution >= 0.6 is 0 Å². The van der Waals surface area contributed by atoms with E-state index in [9.17, 15) is 8.42 Å². The Morgan fingerprint density at radius 3 is 2.44 bits per heavy atom. The Morgan fingerprint density at radius 1 is 1.25 bits per heavy atom. The Balaban J connectivity index is 2.60. The number of rotatable bonds is 6. The summed E-state index contributed by atoms with van der Waals surface area (Å²) < 4.78 is 28.1. The second-order valence-electron chi connectivity index (χ2n) is 3.67. The van der Waals surface area contributed by atoms with Crippen molar-refractivity contribution in [2.75, 3.05) is 0 Å². The zero-order chi connectivity index (χ0) is 12.0. The van der Waals surface area contributed by atoms with E-state index in [4.69, 9.17) is 4.18 Å². The number of hydrogen-bond acceptors (Lipinski definition) is 3. The molecule has 4 heteroatoms. The van der Waals surface area contributed by atoms with E-state index in [1.165, 1.54) is 6.61 Å². The summed E-state index contributed by atoms with van der Waals surface area (Å²) in [4.78, 5) is 0.200. The zero-order valence-electron chi connectivity index (χ0n) is 9.64. The Bertz CT molecular complexity index is 406. The van der Waals surface area contributed by atoms with Crippen molar-refractivity contribution in [3.8, 4) is 0 Å². The first kappa shape index (κ1) is 13.2. The van der Waals surface area contributed by atoms with Crippen molar-refractivity contribution >= 4 is 10.1 Å². The smallest absolute Gasteiger partial charge is 0.260 e. The minimum atomic E-state index is -3.61. The number of aryl methyl sites for hydroxylation is 1. The molecule has 0 fully saturated rings. The van der Waals surface area contributed by atoms with Gasteiger partial charge in [-0.1, -0.05) is 37.5 Å². The van der Waals surface area contributed by atoms with Gasteiger partial charge >= 0.3 is 0 Å². The van der Waals surface area contributed by atoms with Crippen molar-refractivity contribution < 1.29 is 12.6 Å². The molecular formula is C12H17O3S. The predicted molar refractivity (Wildman–Crippen MR) is 63.3 cm³/mol. The van der Waals surface area contributed by atoms with E-state index >= 15 is 0 Å². The highest BCUT2D eigenvalue weighted by Crippen LogP contribution is 2.15. The van der Waals surface area contributed by atoms with Crippen LogP contribution in [0.5, 0.6) is 0 Å². The van der Waals surface area contributed by atoms with Crippen LogP contribution in [0.1, 0.15) is 31.7 Å². The van der Waals surface area contributed by atoms with Gasteiger partial charge in [-0.3, -0.25) is 4.18 Å². The Labute approximate surface area is 97.6 Å². The Kier molecular flexibility index (Phi) is 4.96. The maximum Gasteiger partial charge on any atom is 0.297 e. The molecule has 0 aliphatic heterocycles.